The molecule has 8 nitrogen and oxygen atoms in total. The van der Waals surface area contributed by atoms with Gasteiger partial charge in [-0.15, -0.1) is 0 Å². The van der Waals surface area contributed by atoms with Gasteiger partial charge in [0.2, 0.25) is 11.8 Å². The van der Waals surface area contributed by atoms with E-state index in [1.165, 1.54) is 6.07 Å². The fraction of sp³-hybridized carbons (Fsp3) is 0.294. The minimum absolute atomic E-state index is 0.128. The molecule has 1 aromatic heterocycles. The number of hydrogen-bond donors (Lipinski definition) is 2. The van der Waals surface area contributed by atoms with Gasteiger partial charge >= 0.3 is 5.63 Å². The number of nitrogens with one attached hydrogen (secondary N) is 2. The second-order valence-corrected chi connectivity index (χ2v) is 5.56. The van der Waals surface area contributed by atoms with Crippen molar-refractivity contribution in [3.8, 4) is 5.75 Å². The van der Waals surface area contributed by atoms with E-state index in [0.717, 1.165) is 0 Å². The maximum atomic E-state index is 12.3. The van der Waals surface area contributed by atoms with Crippen LogP contribution in [0.2, 0.25) is 0 Å². The first-order valence-electron chi connectivity index (χ1n) is 7.83. The number of amides is 3. The highest BCUT2D eigenvalue weighted by Gasteiger charge is 2.29. The number of piperidine rings is 1. The first-order chi connectivity index (χ1) is 12.0. The Labute approximate surface area is 142 Å². The summed E-state index contributed by atoms with van der Waals surface area (Å²) in [5.41, 5.74) is -0.721. The van der Waals surface area contributed by atoms with E-state index in [1.807, 2.05) is 6.92 Å². The zero-order chi connectivity index (χ0) is 18.0. The third-order valence-electron chi connectivity index (χ3n) is 3.81. The third kappa shape index (κ3) is 3.52. The SMILES string of the molecule is CCOc1ccc2cc(C(=O)NC3CCC(=O)NC3=O)c(=O)oc2c1. The Bertz CT molecular complexity index is 917. The number of imide groups is 1. The van der Waals surface area contributed by atoms with Crippen LogP contribution in [-0.4, -0.2) is 30.4 Å². The van der Waals surface area contributed by atoms with Gasteiger partial charge in [0.05, 0.1) is 6.61 Å². The Kier molecular flexibility index (Phi) is 4.51. The quantitative estimate of drug-likeness (QED) is 0.624. The van der Waals surface area contributed by atoms with Crippen LogP contribution < -0.4 is 21.0 Å². The molecule has 2 aromatic rings. The van der Waals surface area contributed by atoms with Crippen molar-refractivity contribution in [3.63, 3.8) is 0 Å². The average molecular weight is 344 g/mol. The highest BCUT2D eigenvalue weighted by Crippen LogP contribution is 2.20. The molecule has 2 heterocycles. The smallest absolute Gasteiger partial charge is 0.349 e. The van der Waals surface area contributed by atoms with Crippen LogP contribution in [0.25, 0.3) is 11.0 Å². The largest absolute Gasteiger partial charge is 0.494 e. The van der Waals surface area contributed by atoms with Crippen LogP contribution >= 0.6 is 0 Å². The predicted molar refractivity (Wildman–Crippen MR) is 87.3 cm³/mol. The van der Waals surface area contributed by atoms with Gasteiger partial charge in [0.1, 0.15) is 22.9 Å². The summed E-state index contributed by atoms with van der Waals surface area (Å²) in [5.74, 6) is -1.14. The topological polar surface area (TPSA) is 115 Å². The monoisotopic (exact) mass is 344 g/mol. The lowest BCUT2D eigenvalue weighted by Crippen LogP contribution is -2.52. The molecule has 3 amide bonds. The van der Waals surface area contributed by atoms with Crippen LogP contribution in [-0.2, 0) is 9.59 Å². The fourth-order valence-electron chi connectivity index (χ4n) is 2.57. The van der Waals surface area contributed by atoms with E-state index in [4.69, 9.17) is 9.15 Å². The van der Waals surface area contributed by atoms with Gasteiger partial charge < -0.3 is 14.5 Å². The van der Waals surface area contributed by atoms with E-state index in [0.29, 0.717) is 23.3 Å². The van der Waals surface area contributed by atoms with Gasteiger partial charge in [-0.1, -0.05) is 0 Å². The number of ether oxygens (including phenoxy) is 1. The van der Waals surface area contributed by atoms with Crippen LogP contribution in [0.5, 0.6) is 5.75 Å². The van der Waals surface area contributed by atoms with Crippen molar-refractivity contribution in [1.29, 1.82) is 0 Å². The standard InChI is InChI=1S/C17H16N2O6/c1-2-24-10-4-3-9-7-11(17(23)25-13(9)8-10)15(21)18-12-5-6-14(20)19-16(12)22/h3-4,7-8,12H,2,5-6H2,1H3,(H,18,21)(H,19,20,22). The zero-order valence-electron chi connectivity index (χ0n) is 13.5. The molecule has 1 unspecified atom stereocenters. The summed E-state index contributed by atoms with van der Waals surface area (Å²) in [6, 6.07) is 5.49. The van der Waals surface area contributed by atoms with Crippen molar-refractivity contribution in [1.82, 2.24) is 10.6 Å². The Morgan fingerprint density at radius 1 is 1.32 bits per heavy atom. The van der Waals surface area contributed by atoms with E-state index in [2.05, 4.69) is 10.6 Å². The Balaban J connectivity index is 1.85. The first kappa shape index (κ1) is 16.7. The lowest BCUT2D eigenvalue weighted by molar-refractivity contribution is -0.134. The number of rotatable bonds is 4. The maximum absolute atomic E-state index is 12.3. The van der Waals surface area contributed by atoms with Gasteiger partial charge in [0.15, 0.2) is 0 Å². The highest BCUT2D eigenvalue weighted by atomic mass is 16.5. The molecule has 130 valence electrons. The second-order valence-electron chi connectivity index (χ2n) is 5.56. The van der Waals surface area contributed by atoms with Crippen LogP contribution in [0.1, 0.15) is 30.1 Å². The van der Waals surface area contributed by atoms with E-state index in [-0.39, 0.29) is 24.3 Å². The van der Waals surface area contributed by atoms with Crippen molar-refractivity contribution < 1.29 is 23.5 Å². The van der Waals surface area contributed by atoms with Crippen molar-refractivity contribution in [2.24, 2.45) is 0 Å². The molecular formula is C17H16N2O6. The average Bonchev–Trinajstić information content (AvgIpc) is 2.57. The van der Waals surface area contributed by atoms with Gasteiger partial charge in [-0.2, -0.15) is 0 Å². The molecule has 0 radical (unpaired) electrons. The zero-order valence-corrected chi connectivity index (χ0v) is 13.5. The van der Waals surface area contributed by atoms with Gasteiger partial charge in [0.25, 0.3) is 5.91 Å². The van der Waals surface area contributed by atoms with Gasteiger partial charge in [-0.05, 0) is 31.5 Å². The minimum atomic E-state index is -0.861. The van der Waals surface area contributed by atoms with Gasteiger partial charge in [-0.25, -0.2) is 4.79 Å². The number of carbonyl (C=O) groups is 3. The summed E-state index contributed by atoms with van der Waals surface area (Å²) in [6.07, 6.45) is 0.316. The van der Waals surface area contributed by atoms with Gasteiger partial charge in [0, 0.05) is 17.9 Å². The second kappa shape index (κ2) is 6.76. The summed E-state index contributed by atoms with van der Waals surface area (Å²) >= 11 is 0. The molecule has 25 heavy (non-hydrogen) atoms. The Hall–Kier alpha value is -3.16. The highest BCUT2D eigenvalue weighted by molar-refractivity contribution is 6.04. The summed E-state index contributed by atoms with van der Waals surface area (Å²) in [5, 5.41) is 5.15. The number of fused-ring (bicyclic) bond motifs is 1. The van der Waals surface area contributed by atoms with E-state index >= 15 is 0 Å². The third-order valence-corrected chi connectivity index (χ3v) is 3.81. The molecule has 0 spiro atoms. The summed E-state index contributed by atoms with van der Waals surface area (Å²) in [4.78, 5) is 47.2. The van der Waals surface area contributed by atoms with Crippen molar-refractivity contribution in [3.05, 3.63) is 40.2 Å². The Morgan fingerprint density at radius 2 is 2.12 bits per heavy atom. The summed E-state index contributed by atoms with van der Waals surface area (Å²) in [6.45, 7) is 2.31. The number of hydrogen-bond acceptors (Lipinski definition) is 6. The first-order valence-corrected chi connectivity index (χ1v) is 7.83. The molecule has 0 saturated carbocycles. The number of benzene rings is 1. The molecule has 2 N–H and O–H groups in total. The summed E-state index contributed by atoms with van der Waals surface area (Å²) < 4.78 is 10.5. The fourth-order valence-corrected chi connectivity index (χ4v) is 2.57. The van der Waals surface area contributed by atoms with E-state index in [1.54, 1.807) is 18.2 Å². The molecule has 1 aliphatic heterocycles. The lowest BCUT2D eigenvalue weighted by atomic mass is 10.1. The molecule has 0 bridgehead atoms. The molecule has 1 saturated heterocycles. The minimum Gasteiger partial charge on any atom is -0.494 e. The van der Waals surface area contributed by atoms with Gasteiger partial charge in [-0.3, -0.25) is 19.7 Å². The van der Waals surface area contributed by atoms with E-state index < -0.39 is 23.5 Å². The summed E-state index contributed by atoms with van der Waals surface area (Å²) in [7, 11) is 0. The maximum Gasteiger partial charge on any atom is 0.349 e. The van der Waals surface area contributed by atoms with Crippen molar-refractivity contribution in [2.45, 2.75) is 25.8 Å². The molecule has 1 aromatic carbocycles. The van der Waals surface area contributed by atoms with Crippen molar-refractivity contribution >= 4 is 28.7 Å². The molecule has 3 rings (SSSR count). The molecule has 1 aliphatic rings. The molecule has 0 aliphatic carbocycles. The van der Waals surface area contributed by atoms with E-state index in [9.17, 15) is 19.2 Å². The van der Waals surface area contributed by atoms with Crippen LogP contribution in [0.3, 0.4) is 0 Å². The van der Waals surface area contributed by atoms with Crippen LogP contribution in [0, 0.1) is 0 Å². The Morgan fingerprint density at radius 3 is 2.84 bits per heavy atom. The normalized spacial score (nSPS) is 17.2. The molecular weight excluding hydrogens is 328 g/mol. The molecule has 1 atom stereocenters. The van der Waals surface area contributed by atoms with Crippen LogP contribution in [0.4, 0.5) is 0 Å². The predicted octanol–water partition coefficient (Wildman–Crippen LogP) is 0.727. The van der Waals surface area contributed by atoms with Crippen LogP contribution in [0.15, 0.2) is 33.5 Å². The molecule has 1 fully saturated rings. The lowest BCUT2D eigenvalue weighted by Gasteiger charge is -2.21. The molecule has 8 heteroatoms. The number of carbonyl (C=O) groups excluding carboxylic acids is 3. The van der Waals surface area contributed by atoms with Crippen molar-refractivity contribution in [2.75, 3.05) is 6.61 Å².